The molecule has 0 amide bonds. The highest BCUT2D eigenvalue weighted by atomic mass is 19.1. The van der Waals surface area contributed by atoms with E-state index in [1.54, 1.807) is 6.07 Å². The molecule has 2 N–H and O–H groups in total. The minimum absolute atomic E-state index is 0.0909. The molecule has 1 aliphatic rings. The van der Waals surface area contributed by atoms with Gasteiger partial charge in [0.05, 0.1) is 12.3 Å². The van der Waals surface area contributed by atoms with Crippen LogP contribution in [0.15, 0.2) is 48.5 Å². The number of hydrogen-bond donors (Lipinski definition) is 2. The van der Waals surface area contributed by atoms with E-state index in [4.69, 9.17) is 5.11 Å². The Labute approximate surface area is 164 Å². The predicted octanol–water partition coefficient (Wildman–Crippen LogP) is 3.51. The van der Waals surface area contributed by atoms with Crippen molar-refractivity contribution < 1.29 is 9.50 Å². The molecule has 142 valence electrons. The highest BCUT2D eigenvalue weighted by molar-refractivity contribution is 5.64. The summed E-state index contributed by atoms with van der Waals surface area (Å²) in [5.74, 6) is 5.74. The fraction of sp³-hybridized carbons (Fsp3) is 0.261. The van der Waals surface area contributed by atoms with Crippen molar-refractivity contribution in [1.82, 2.24) is 15.1 Å². The lowest BCUT2D eigenvalue weighted by atomic mass is 10.0. The summed E-state index contributed by atoms with van der Waals surface area (Å²) >= 11 is 0. The van der Waals surface area contributed by atoms with Crippen molar-refractivity contribution in [2.24, 2.45) is 0 Å². The molecule has 0 bridgehead atoms. The maximum absolute atomic E-state index is 13.6. The zero-order valence-electron chi connectivity index (χ0n) is 15.6. The SMILES string of the molecule is OCCC#Cc1ccc(CN2CCc3[nH]nc(-c4cccc(F)c4)c3C2)cc1. The van der Waals surface area contributed by atoms with Crippen molar-refractivity contribution in [3.8, 4) is 23.1 Å². The van der Waals surface area contributed by atoms with E-state index in [0.29, 0.717) is 6.42 Å². The Morgan fingerprint density at radius 1 is 1.18 bits per heavy atom. The van der Waals surface area contributed by atoms with Crippen molar-refractivity contribution in [2.45, 2.75) is 25.9 Å². The van der Waals surface area contributed by atoms with Crippen LogP contribution in [0.5, 0.6) is 0 Å². The summed E-state index contributed by atoms with van der Waals surface area (Å²) in [7, 11) is 0. The van der Waals surface area contributed by atoms with Crippen molar-refractivity contribution in [3.05, 3.63) is 76.7 Å². The van der Waals surface area contributed by atoms with Crippen LogP contribution in [0.4, 0.5) is 4.39 Å². The zero-order chi connectivity index (χ0) is 19.3. The highest BCUT2D eigenvalue weighted by Gasteiger charge is 2.23. The van der Waals surface area contributed by atoms with Gasteiger partial charge in [-0.3, -0.25) is 10.00 Å². The highest BCUT2D eigenvalue weighted by Crippen LogP contribution is 2.29. The van der Waals surface area contributed by atoms with Crippen molar-refractivity contribution in [2.75, 3.05) is 13.2 Å². The van der Waals surface area contributed by atoms with Gasteiger partial charge in [-0.2, -0.15) is 5.10 Å². The Balaban J connectivity index is 1.47. The fourth-order valence-electron chi connectivity index (χ4n) is 3.53. The van der Waals surface area contributed by atoms with Crippen molar-refractivity contribution in [1.29, 1.82) is 0 Å². The molecule has 2 heterocycles. The molecule has 4 rings (SSSR count). The quantitative estimate of drug-likeness (QED) is 0.686. The Hall–Kier alpha value is -2.94. The lowest BCUT2D eigenvalue weighted by molar-refractivity contribution is 0.245. The van der Waals surface area contributed by atoms with E-state index in [2.05, 4.69) is 39.1 Å². The standard InChI is InChI=1S/C23H22FN3O/c24-20-6-3-5-19(14-20)23-21-16-27(12-11-22(21)25-26-23)15-18-9-7-17(8-10-18)4-1-2-13-28/h3,5-10,14,28H,2,11-13,15-16H2,(H,25,26). The van der Waals surface area contributed by atoms with Crippen LogP contribution in [-0.4, -0.2) is 33.4 Å². The average Bonchev–Trinajstić information content (AvgIpc) is 3.13. The maximum Gasteiger partial charge on any atom is 0.123 e. The molecule has 1 aliphatic heterocycles. The number of aromatic nitrogens is 2. The Morgan fingerprint density at radius 3 is 2.82 bits per heavy atom. The molecule has 2 aromatic carbocycles. The number of nitrogens with one attached hydrogen (secondary N) is 1. The molecule has 0 spiro atoms. The van der Waals surface area contributed by atoms with Crippen LogP contribution in [0.3, 0.4) is 0 Å². The second kappa shape index (κ2) is 8.39. The smallest absolute Gasteiger partial charge is 0.123 e. The summed E-state index contributed by atoms with van der Waals surface area (Å²) in [6.07, 6.45) is 1.40. The third-order valence-electron chi connectivity index (χ3n) is 4.94. The first-order chi connectivity index (χ1) is 13.7. The molecule has 0 saturated carbocycles. The first kappa shape index (κ1) is 18.4. The van der Waals surface area contributed by atoms with E-state index in [0.717, 1.165) is 54.1 Å². The summed E-state index contributed by atoms with van der Waals surface area (Å²) < 4.78 is 13.6. The van der Waals surface area contributed by atoms with Gasteiger partial charge >= 0.3 is 0 Å². The molecule has 4 nitrogen and oxygen atoms in total. The second-order valence-corrected chi connectivity index (χ2v) is 6.97. The van der Waals surface area contributed by atoms with E-state index >= 15 is 0 Å². The largest absolute Gasteiger partial charge is 0.395 e. The number of aromatic amines is 1. The van der Waals surface area contributed by atoms with E-state index in [-0.39, 0.29) is 12.4 Å². The van der Waals surface area contributed by atoms with Gasteiger partial charge in [0.2, 0.25) is 0 Å². The molecular formula is C23H22FN3O. The number of hydrogen-bond acceptors (Lipinski definition) is 3. The monoisotopic (exact) mass is 375 g/mol. The minimum atomic E-state index is -0.246. The molecule has 5 heteroatoms. The van der Waals surface area contributed by atoms with E-state index in [1.807, 2.05) is 18.2 Å². The van der Waals surface area contributed by atoms with Gasteiger partial charge in [-0.25, -0.2) is 4.39 Å². The maximum atomic E-state index is 13.6. The van der Waals surface area contributed by atoms with E-state index < -0.39 is 0 Å². The van der Waals surface area contributed by atoms with Crippen molar-refractivity contribution >= 4 is 0 Å². The Bertz CT molecular complexity index is 1010. The fourth-order valence-corrected chi connectivity index (χ4v) is 3.53. The minimum Gasteiger partial charge on any atom is -0.395 e. The molecule has 0 saturated heterocycles. The van der Waals surface area contributed by atoms with E-state index in [9.17, 15) is 4.39 Å². The van der Waals surface area contributed by atoms with Crippen LogP contribution < -0.4 is 0 Å². The van der Waals surface area contributed by atoms with Crippen LogP contribution in [0.2, 0.25) is 0 Å². The van der Waals surface area contributed by atoms with Gasteiger partial charge in [-0.15, -0.1) is 0 Å². The molecule has 3 aromatic rings. The lowest BCUT2D eigenvalue weighted by Gasteiger charge is -2.27. The molecule has 0 radical (unpaired) electrons. The molecule has 0 fully saturated rings. The Morgan fingerprint density at radius 2 is 2.04 bits per heavy atom. The summed E-state index contributed by atoms with van der Waals surface area (Å²) in [6, 6.07) is 14.8. The number of rotatable bonds is 4. The second-order valence-electron chi connectivity index (χ2n) is 6.97. The van der Waals surface area contributed by atoms with Crippen LogP contribution in [0, 0.1) is 17.7 Å². The molecular weight excluding hydrogens is 353 g/mol. The molecule has 0 atom stereocenters. The van der Waals surface area contributed by atoms with Gasteiger partial charge in [0.1, 0.15) is 5.82 Å². The Kier molecular flexibility index (Phi) is 5.52. The summed E-state index contributed by atoms with van der Waals surface area (Å²) in [6.45, 7) is 2.68. The van der Waals surface area contributed by atoms with Gasteiger partial charge in [0.15, 0.2) is 0 Å². The van der Waals surface area contributed by atoms with Gasteiger partial charge in [-0.1, -0.05) is 36.1 Å². The summed E-state index contributed by atoms with van der Waals surface area (Å²) in [4.78, 5) is 2.38. The first-order valence-electron chi connectivity index (χ1n) is 9.46. The van der Waals surface area contributed by atoms with Crippen LogP contribution >= 0.6 is 0 Å². The van der Waals surface area contributed by atoms with Gasteiger partial charge in [0.25, 0.3) is 0 Å². The normalized spacial score (nSPS) is 13.6. The van der Waals surface area contributed by atoms with Crippen LogP contribution in [0.1, 0.15) is 28.8 Å². The van der Waals surface area contributed by atoms with E-state index in [1.165, 1.54) is 17.7 Å². The van der Waals surface area contributed by atoms with Gasteiger partial charge in [-0.05, 0) is 29.8 Å². The molecule has 0 unspecified atom stereocenters. The van der Waals surface area contributed by atoms with Gasteiger partial charge in [0, 0.05) is 54.9 Å². The number of aliphatic hydroxyl groups excluding tert-OH is 1. The molecule has 28 heavy (non-hydrogen) atoms. The van der Waals surface area contributed by atoms with Gasteiger partial charge < -0.3 is 5.11 Å². The number of benzene rings is 2. The average molecular weight is 375 g/mol. The number of nitrogens with zero attached hydrogens (tertiary/aromatic N) is 2. The van der Waals surface area contributed by atoms with Crippen LogP contribution in [0.25, 0.3) is 11.3 Å². The summed E-state index contributed by atoms with van der Waals surface area (Å²) in [5, 5.41) is 16.4. The number of aliphatic hydroxyl groups is 1. The zero-order valence-corrected chi connectivity index (χ0v) is 15.6. The predicted molar refractivity (Wildman–Crippen MR) is 107 cm³/mol. The van der Waals surface area contributed by atoms with Crippen molar-refractivity contribution in [3.63, 3.8) is 0 Å². The number of fused-ring (bicyclic) bond motifs is 1. The first-order valence-corrected chi connectivity index (χ1v) is 9.46. The number of H-pyrrole nitrogens is 1. The van der Waals surface area contributed by atoms with Crippen LogP contribution in [-0.2, 0) is 19.5 Å². The molecule has 1 aromatic heterocycles. The summed E-state index contributed by atoms with van der Waals surface area (Å²) in [5.41, 5.74) is 6.14. The lowest BCUT2D eigenvalue weighted by Crippen LogP contribution is -2.30. The number of halogens is 1. The third kappa shape index (κ3) is 4.14. The molecule has 0 aliphatic carbocycles. The topological polar surface area (TPSA) is 52.1 Å². The third-order valence-corrected chi connectivity index (χ3v) is 4.94.